The van der Waals surface area contributed by atoms with Crippen LogP contribution in [0.5, 0.6) is 0 Å². The number of hydrogen-bond acceptors (Lipinski definition) is 5. The van der Waals surface area contributed by atoms with Crippen LogP contribution in [0.3, 0.4) is 0 Å². The highest BCUT2D eigenvalue weighted by molar-refractivity contribution is 14.0. The first-order valence-electron chi connectivity index (χ1n) is 9.58. The van der Waals surface area contributed by atoms with E-state index in [1.807, 2.05) is 12.1 Å². The number of halogens is 2. The van der Waals surface area contributed by atoms with Crippen molar-refractivity contribution in [2.45, 2.75) is 24.7 Å². The first-order valence-corrected chi connectivity index (χ1v) is 9.96. The number of anilines is 1. The molecule has 1 unspecified atom stereocenters. The Kier molecular flexibility index (Phi) is 7.66. The lowest BCUT2D eigenvalue weighted by Crippen LogP contribution is -2.51. The van der Waals surface area contributed by atoms with Crippen molar-refractivity contribution in [2.75, 3.05) is 57.4 Å². The molecule has 3 aliphatic rings. The molecule has 0 bridgehead atoms. The van der Waals surface area contributed by atoms with Gasteiger partial charge in [-0.05, 0) is 24.3 Å². The molecular formula is C19H28ClIN4O3. The molecule has 0 amide bonds. The highest BCUT2D eigenvalue weighted by atomic mass is 127. The van der Waals surface area contributed by atoms with Gasteiger partial charge in [-0.2, -0.15) is 0 Å². The van der Waals surface area contributed by atoms with Gasteiger partial charge in [-0.25, -0.2) is 0 Å². The first kappa shape index (κ1) is 21.9. The summed E-state index contributed by atoms with van der Waals surface area (Å²) >= 11 is 5.97. The Morgan fingerprint density at radius 1 is 1.14 bits per heavy atom. The van der Waals surface area contributed by atoms with Gasteiger partial charge in [0.1, 0.15) is 6.10 Å². The van der Waals surface area contributed by atoms with E-state index in [4.69, 9.17) is 31.5 Å². The number of aliphatic imine (C=N–C) groups is 1. The van der Waals surface area contributed by atoms with Crippen LogP contribution in [-0.4, -0.2) is 75.3 Å². The van der Waals surface area contributed by atoms with Crippen molar-refractivity contribution < 1.29 is 14.2 Å². The van der Waals surface area contributed by atoms with Gasteiger partial charge in [-0.1, -0.05) is 11.6 Å². The first-order chi connectivity index (χ1) is 13.1. The van der Waals surface area contributed by atoms with Crippen molar-refractivity contribution in [1.82, 2.24) is 4.90 Å². The number of ether oxygens (including phenoxy) is 3. The highest BCUT2D eigenvalue weighted by Gasteiger charge is 2.42. The van der Waals surface area contributed by atoms with Gasteiger partial charge in [-0.3, -0.25) is 4.99 Å². The summed E-state index contributed by atoms with van der Waals surface area (Å²) in [6, 6.07) is 7.96. The summed E-state index contributed by atoms with van der Waals surface area (Å²) in [5, 5.41) is 0.759. The minimum Gasteiger partial charge on any atom is -0.381 e. The van der Waals surface area contributed by atoms with Gasteiger partial charge in [0.15, 0.2) is 11.7 Å². The third-order valence-electron chi connectivity index (χ3n) is 5.42. The van der Waals surface area contributed by atoms with Gasteiger partial charge in [-0.15, -0.1) is 24.0 Å². The van der Waals surface area contributed by atoms with Gasteiger partial charge in [0, 0.05) is 49.7 Å². The summed E-state index contributed by atoms with van der Waals surface area (Å²) in [7, 11) is 0. The Morgan fingerprint density at radius 3 is 2.50 bits per heavy atom. The molecule has 1 aromatic carbocycles. The molecule has 3 heterocycles. The van der Waals surface area contributed by atoms with E-state index < -0.39 is 5.79 Å². The molecule has 0 saturated carbocycles. The van der Waals surface area contributed by atoms with Crippen molar-refractivity contribution in [3.05, 3.63) is 29.3 Å². The maximum Gasteiger partial charge on any atom is 0.191 e. The lowest BCUT2D eigenvalue weighted by Gasteiger charge is -2.36. The van der Waals surface area contributed by atoms with Crippen molar-refractivity contribution in [1.29, 1.82) is 0 Å². The molecule has 1 spiro atoms. The Morgan fingerprint density at radius 2 is 1.82 bits per heavy atom. The van der Waals surface area contributed by atoms with Crippen molar-refractivity contribution in [2.24, 2.45) is 10.7 Å². The van der Waals surface area contributed by atoms with Gasteiger partial charge in [0.05, 0.1) is 26.4 Å². The SMILES string of the molecule is I.NC(=NCC1COC2(CCOCC2)O1)N1CCN(c2ccc(Cl)cc2)CC1. The van der Waals surface area contributed by atoms with Crippen molar-refractivity contribution >= 4 is 47.2 Å². The molecule has 1 atom stereocenters. The van der Waals surface area contributed by atoms with Gasteiger partial charge < -0.3 is 29.7 Å². The molecule has 0 radical (unpaired) electrons. The lowest BCUT2D eigenvalue weighted by molar-refractivity contribution is -0.210. The van der Waals surface area contributed by atoms with E-state index in [0.717, 1.165) is 44.0 Å². The molecule has 0 aliphatic carbocycles. The molecule has 3 aliphatic heterocycles. The Labute approximate surface area is 188 Å². The number of benzene rings is 1. The molecule has 3 fully saturated rings. The second-order valence-electron chi connectivity index (χ2n) is 7.22. The predicted octanol–water partition coefficient (Wildman–Crippen LogP) is 2.32. The van der Waals surface area contributed by atoms with Crippen LogP contribution < -0.4 is 10.6 Å². The number of hydrogen-bond donors (Lipinski definition) is 1. The Hall–Kier alpha value is -0.810. The van der Waals surface area contributed by atoms with E-state index in [2.05, 4.69) is 26.9 Å². The zero-order valence-electron chi connectivity index (χ0n) is 15.9. The number of piperazine rings is 1. The van der Waals surface area contributed by atoms with Crippen LogP contribution in [-0.2, 0) is 14.2 Å². The molecular weight excluding hydrogens is 495 g/mol. The molecule has 9 heteroatoms. The second-order valence-corrected chi connectivity index (χ2v) is 7.66. The van der Waals surface area contributed by atoms with Crippen LogP contribution in [0.15, 0.2) is 29.3 Å². The van der Waals surface area contributed by atoms with Gasteiger partial charge >= 0.3 is 0 Å². The Balaban J connectivity index is 0.00000225. The molecule has 7 nitrogen and oxygen atoms in total. The van der Waals surface area contributed by atoms with E-state index in [1.165, 1.54) is 5.69 Å². The summed E-state index contributed by atoms with van der Waals surface area (Å²) in [4.78, 5) is 9.03. The number of nitrogens with zero attached hydrogens (tertiary/aromatic N) is 3. The quantitative estimate of drug-likeness (QED) is 0.373. The lowest BCUT2D eigenvalue weighted by atomic mass is 10.1. The Bertz CT molecular complexity index is 662. The fraction of sp³-hybridized carbons (Fsp3) is 0.632. The van der Waals surface area contributed by atoms with Gasteiger partial charge in [0.2, 0.25) is 0 Å². The standard InChI is InChI=1S/C19H27ClN4O3.HI/c20-15-1-3-16(4-2-15)23-7-9-24(10-8-23)18(21)22-13-17-14-26-19(27-17)5-11-25-12-6-19;/h1-4,17H,5-14H2,(H2,21,22);1H. The molecule has 1 aromatic rings. The fourth-order valence-corrected chi connectivity index (χ4v) is 3.92. The minimum atomic E-state index is -0.461. The van der Waals surface area contributed by atoms with Crippen LogP contribution in [0, 0.1) is 0 Å². The number of nitrogens with two attached hydrogens (primary N) is 1. The fourth-order valence-electron chi connectivity index (χ4n) is 3.79. The average Bonchev–Trinajstić information content (AvgIpc) is 3.09. The molecule has 4 rings (SSSR count). The molecule has 3 saturated heterocycles. The molecule has 2 N–H and O–H groups in total. The number of rotatable bonds is 3. The normalized spacial score (nSPS) is 25.0. The summed E-state index contributed by atoms with van der Waals surface area (Å²) < 4.78 is 17.4. The maximum absolute atomic E-state index is 6.22. The van der Waals surface area contributed by atoms with Crippen LogP contribution in [0.2, 0.25) is 5.02 Å². The monoisotopic (exact) mass is 522 g/mol. The van der Waals surface area contributed by atoms with Crippen LogP contribution >= 0.6 is 35.6 Å². The number of guanidine groups is 1. The van der Waals surface area contributed by atoms with E-state index in [0.29, 0.717) is 32.3 Å². The molecule has 28 heavy (non-hydrogen) atoms. The van der Waals surface area contributed by atoms with Crippen molar-refractivity contribution in [3.8, 4) is 0 Å². The largest absolute Gasteiger partial charge is 0.381 e. The topological polar surface area (TPSA) is 72.5 Å². The molecule has 156 valence electrons. The van der Waals surface area contributed by atoms with Crippen LogP contribution in [0.25, 0.3) is 0 Å². The molecule has 0 aromatic heterocycles. The van der Waals surface area contributed by atoms with Gasteiger partial charge in [0.25, 0.3) is 0 Å². The van der Waals surface area contributed by atoms with E-state index in [9.17, 15) is 0 Å². The third kappa shape index (κ3) is 5.21. The average molecular weight is 523 g/mol. The second kappa shape index (κ2) is 9.80. The maximum atomic E-state index is 6.22. The highest BCUT2D eigenvalue weighted by Crippen LogP contribution is 2.33. The minimum absolute atomic E-state index is 0. The zero-order chi connectivity index (χ0) is 18.7. The third-order valence-corrected chi connectivity index (χ3v) is 5.67. The van der Waals surface area contributed by atoms with E-state index in [-0.39, 0.29) is 30.1 Å². The summed E-state index contributed by atoms with van der Waals surface area (Å²) in [6.07, 6.45) is 1.54. The summed E-state index contributed by atoms with van der Waals surface area (Å²) in [5.41, 5.74) is 7.41. The van der Waals surface area contributed by atoms with E-state index >= 15 is 0 Å². The smallest absolute Gasteiger partial charge is 0.191 e. The van der Waals surface area contributed by atoms with E-state index in [1.54, 1.807) is 0 Å². The zero-order valence-corrected chi connectivity index (χ0v) is 19.0. The summed E-state index contributed by atoms with van der Waals surface area (Å²) in [5.74, 6) is 0.125. The van der Waals surface area contributed by atoms with Crippen LogP contribution in [0.4, 0.5) is 5.69 Å². The summed E-state index contributed by atoms with van der Waals surface area (Å²) in [6.45, 7) is 6.00. The predicted molar refractivity (Wildman–Crippen MR) is 121 cm³/mol. The van der Waals surface area contributed by atoms with Crippen molar-refractivity contribution in [3.63, 3.8) is 0 Å². The van der Waals surface area contributed by atoms with Crippen LogP contribution in [0.1, 0.15) is 12.8 Å².